The number of carboxylic acid groups (broad SMARTS) is 1. The first kappa shape index (κ1) is 21.5. The molecular weight excluding hydrogens is 376 g/mol. The molecule has 0 saturated carbocycles. The summed E-state index contributed by atoms with van der Waals surface area (Å²) in [6.07, 6.45) is 5.08. The summed E-state index contributed by atoms with van der Waals surface area (Å²) in [6.45, 7) is -0.310. The molecule has 0 saturated heterocycles. The van der Waals surface area contributed by atoms with E-state index in [-0.39, 0.29) is 19.5 Å². The van der Waals surface area contributed by atoms with Gasteiger partial charge in [-0.2, -0.15) is 0 Å². The fourth-order valence-corrected chi connectivity index (χ4v) is 2.68. The lowest BCUT2D eigenvalue weighted by Gasteiger charge is -2.26. The Kier molecular flexibility index (Phi) is 7.91. The minimum Gasteiger partial charge on any atom is -0.480 e. The molecule has 140 valence electrons. The Hall–Kier alpha value is -1.58. The third kappa shape index (κ3) is 9.47. The summed E-state index contributed by atoms with van der Waals surface area (Å²) < 4.78 is 21.7. The van der Waals surface area contributed by atoms with Crippen LogP contribution in [0, 0.1) is 0 Å². The number of imidazole rings is 1. The van der Waals surface area contributed by atoms with E-state index in [9.17, 15) is 19.0 Å². The average Bonchev–Trinajstić information content (AvgIpc) is 2.93. The van der Waals surface area contributed by atoms with Gasteiger partial charge in [0.15, 0.2) is 0 Å². The van der Waals surface area contributed by atoms with Gasteiger partial charge in [-0.3, -0.25) is 18.8 Å². The molecule has 6 N–H and O–H groups in total. The molecule has 0 bridgehead atoms. The second-order valence-electron chi connectivity index (χ2n) is 5.02. The first-order valence-electron chi connectivity index (χ1n) is 6.88. The normalized spacial score (nSPS) is 14.6. The van der Waals surface area contributed by atoms with Gasteiger partial charge in [-0.25, -0.2) is 4.98 Å². The van der Waals surface area contributed by atoms with Crippen molar-refractivity contribution in [2.75, 3.05) is 13.1 Å². The van der Waals surface area contributed by atoms with Gasteiger partial charge >= 0.3 is 21.2 Å². The summed E-state index contributed by atoms with van der Waals surface area (Å²) >= 11 is 0. The van der Waals surface area contributed by atoms with Crippen molar-refractivity contribution in [3.63, 3.8) is 0 Å². The van der Waals surface area contributed by atoms with Gasteiger partial charge in [-0.05, 0) is 0 Å². The predicted octanol–water partition coefficient (Wildman–Crippen LogP) is 0.0902. The lowest BCUT2D eigenvalue weighted by Crippen LogP contribution is -2.43. The molecule has 0 aliphatic carbocycles. The van der Waals surface area contributed by atoms with Crippen LogP contribution in [0.3, 0.4) is 0 Å². The molecule has 1 rings (SSSR count). The second-order valence-corrected chi connectivity index (χ2v) is 7.97. The third-order valence-corrected chi connectivity index (χ3v) is 4.16. The molecule has 11 nitrogen and oxygen atoms in total. The van der Waals surface area contributed by atoms with Crippen LogP contribution in [0.25, 0.3) is 0 Å². The Morgan fingerprint density at radius 1 is 1.16 bits per heavy atom. The van der Waals surface area contributed by atoms with Crippen LogP contribution in [0.1, 0.15) is 5.69 Å². The maximum absolute atomic E-state index is 11.6. The molecule has 0 amide bonds. The minimum atomic E-state index is -4.40. The van der Waals surface area contributed by atoms with E-state index in [0.717, 1.165) is 12.2 Å². The van der Waals surface area contributed by atoms with Crippen LogP contribution >= 0.6 is 15.2 Å². The van der Waals surface area contributed by atoms with Crippen molar-refractivity contribution in [1.29, 1.82) is 0 Å². The van der Waals surface area contributed by atoms with Crippen molar-refractivity contribution in [3.8, 4) is 0 Å². The second kappa shape index (κ2) is 9.21. The van der Waals surface area contributed by atoms with Gasteiger partial charge in [0.05, 0.1) is 12.0 Å². The van der Waals surface area contributed by atoms with Crippen LogP contribution in [0.5, 0.6) is 0 Å². The first-order chi connectivity index (χ1) is 11.5. The van der Waals surface area contributed by atoms with E-state index < -0.39 is 27.2 Å². The zero-order valence-corrected chi connectivity index (χ0v) is 14.7. The fraction of sp³-hybridized carbons (Fsp3) is 0.333. The van der Waals surface area contributed by atoms with E-state index >= 15 is 0 Å². The number of aromatic amines is 1. The molecule has 0 unspecified atom stereocenters. The lowest BCUT2D eigenvalue weighted by atomic mass is 10.1. The molecule has 0 aromatic carbocycles. The summed E-state index contributed by atoms with van der Waals surface area (Å²) in [7, 11) is -8.80. The molecule has 0 aliphatic rings. The van der Waals surface area contributed by atoms with Crippen molar-refractivity contribution >= 4 is 21.2 Å². The molecule has 0 fully saturated rings. The monoisotopic (exact) mass is 395 g/mol. The number of aromatic nitrogens is 2. The third-order valence-electron chi connectivity index (χ3n) is 2.96. The molecule has 25 heavy (non-hydrogen) atoms. The van der Waals surface area contributed by atoms with E-state index in [1.807, 2.05) is 0 Å². The Balaban J connectivity index is 2.96. The van der Waals surface area contributed by atoms with Gasteiger partial charge in [-0.15, -0.1) is 0 Å². The molecule has 1 atom stereocenters. The number of rotatable bonds is 10. The highest BCUT2D eigenvalue weighted by atomic mass is 31.2. The molecule has 13 heteroatoms. The van der Waals surface area contributed by atoms with E-state index in [2.05, 4.69) is 9.97 Å². The van der Waals surface area contributed by atoms with Crippen LogP contribution in [-0.2, 0) is 20.3 Å². The summed E-state index contributed by atoms with van der Waals surface area (Å²) in [5.74, 6) is 0.0671. The van der Waals surface area contributed by atoms with E-state index in [1.165, 1.54) is 17.4 Å². The van der Waals surface area contributed by atoms with Crippen molar-refractivity contribution in [1.82, 2.24) is 14.9 Å². The number of nitrogens with zero attached hydrogens (tertiary/aromatic N) is 2. The predicted molar refractivity (Wildman–Crippen MR) is 87.7 cm³/mol. The minimum absolute atomic E-state index is 0.00760. The van der Waals surface area contributed by atoms with Crippen LogP contribution < -0.4 is 0 Å². The number of hydrogen-bond acceptors (Lipinski definition) is 5. The van der Waals surface area contributed by atoms with Gasteiger partial charge in [0.1, 0.15) is 6.04 Å². The van der Waals surface area contributed by atoms with Gasteiger partial charge in [-0.1, -0.05) is 12.2 Å². The maximum atomic E-state index is 11.6. The lowest BCUT2D eigenvalue weighted by molar-refractivity contribution is -0.142. The summed E-state index contributed by atoms with van der Waals surface area (Å²) in [5, 5.41) is 9.43. The van der Waals surface area contributed by atoms with Crippen LogP contribution in [0.4, 0.5) is 0 Å². The van der Waals surface area contributed by atoms with Crippen molar-refractivity contribution in [3.05, 3.63) is 42.0 Å². The molecule has 1 heterocycles. The molecular formula is C12H19N3O8P2. The van der Waals surface area contributed by atoms with Crippen LogP contribution in [-0.4, -0.2) is 64.6 Å². The zero-order valence-electron chi connectivity index (χ0n) is 12.9. The molecule has 1 aromatic rings. The fourth-order valence-electron chi connectivity index (χ4n) is 1.94. The standard InChI is InChI=1S/C12H19N3O8P2/c16-12(17)11(7-10-8-13-9-14-10)15(3-1-5-24(18,19)20)4-2-6-25(21,22)23/h1-2,5-6,8-9,11H,3-4,7H2,(H,13,14)(H,16,17)(H2,18,19,20)(H2,21,22,23)/t11-/m0/s1. The van der Waals surface area contributed by atoms with Crippen LogP contribution in [0.15, 0.2) is 36.3 Å². The number of carbonyl (C=O) groups is 1. The van der Waals surface area contributed by atoms with Gasteiger partial charge in [0, 0.05) is 37.3 Å². The molecule has 0 aliphatic heterocycles. The Morgan fingerprint density at radius 2 is 1.68 bits per heavy atom. The summed E-state index contributed by atoms with van der Waals surface area (Å²) in [4.78, 5) is 54.8. The Labute approximate surface area is 143 Å². The number of nitrogens with one attached hydrogen (secondary N) is 1. The average molecular weight is 395 g/mol. The number of aliphatic carboxylic acids is 1. The largest absolute Gasteiger partial charge is 0.480 e. The van der Waals surface area contributed by atoms with Gasteiger partial charge < -0.3 is 29.7 Å². The first-order valence-corrected chi connectivity index (χ1v) is 10.2. The van der Waals surface area contributed by atoms with Crippen LogP contribution in [0.2, 0.25) is 0 Å². The highest BCUT2D eigenvalue weighted by Gasteiger charge is 2.25. The number of H-pyrrole nitrogens is 1. The van der Waals surface area contributed by atoms with Gasteiger partial charge in [0.25, 0.3) is 0 Å². The number of carboxylic acids is 1. The van der Waals surface area contributed by atoms with Crippen molar-refractivity contribution in [2.45, 2.75) is 12.5 Å². The highest BCUT2D eigenvalue weighted by Crippen LogP contribution is 2.36. The smallest absolute Gasteiger partial charge is 0.348 e. The Bertz CT molecular complexity index is 672. The molecule has 0 radical (unpaired) electrons. The highest BCUT2D eigenvalue weighted by molar-refractivity contribution is 7.55. The van der Waals surface area contributed by atoms with Crippen molar-refractivity contribution < 1.29 is 38.6 Å². The number of hydrogen-bond donors (Lipinski definition) is 6. The topological polar surface area (TPSA) is 184 Å². The molecule has 1 aromatic heterocycles. The zero-order chi connectivity index (χ0) is 19.1. The van der Waals surface area contributed by atoms with E-state index in [4.69, 9.17) is 19.6 Å². The summed E-state index contributed by atoms with van der Waals surface area (Å²) in [6, 6.07) is -1.12. The van der Waals surface area contributed by atoms with Gasteiger partial charge in [0.2, 0.25) is 0 Å². The SMILES string of the molecule is O=C(O)[C@H](Cc1c[nH]cn1)N(CC=CP(=O)(O)O)CC=CP(=O)(O)O. The van der Waals surface area contributed by atoms with Crippen molar-refractivity contribution in [2.24, 2.45) is 0 Å². The maximum Gasteiger partial charge on any atom is 0.348 e. The Morgan fingerprint density at radius 3 is 2.04 bits per heavy atom. The van der Waals surface area contributed by atoms with E-state index in [0.29, 0.717) is 17.3 Å². The molecule has 0 spiro atoms. The quantitative estimate of drug-likeness (QED) is 0.297. The van der Waals surface area contributed by atoms with E-state index in [1.54, 1.807) is 0 Å². The summed E-state index contributed by atoms with van der Waals surface area (Å²) in [5.41, 5.74) is 0.454.